The van der Waals surface area contributed by atoms with Gasteiger partial charge in [-0.15, -0.1) is 0 Å². The van der Waals surface area contributed by atoms with Crippen molar-refractivity contribution < 1.29 is 33.1 Å². The quantitative estimate of drug-likeness (QED) is 0.515. The molecular weight excluding hydrogens is 454 g/mol. The number of carbonyl (C=O) groups is 2. The Kier molecular flexibility index (Phi) is 8.59. The average molecular weight is 488 g/mol. The summed E-state index contributed by atoms with van der Waals surface area (Å²) in [5, 5.41) is 6.92. The highest BCUT2D eigenvalue weighted by molar-refractivity contribution is 5.93. The van der Waals surface area contributed by atoms with Crippen LogP contribution in [0.1, 0.15) is 42.6 Å². The van der Waals surface area contributed by atoms with E-state index in [0.29, 0.717) is 42.5 Å². The fraction of sp³-hybridized carbons (Fsp3) is 0.560. The second kappa shape index (κ2) is 12.0. The maximum Gasteiger partial charge on any atom is 0.276 e. The maximum absolute atomic E-state index is 13.4. The van der Waals surface area contributed by atoms with E-state index in [4.69, 9.17) is 23.5 Å². The first kappa shape index (κ1) is 25.0. The van der Waals surface area contributed by atoms with Crippen molar-refractivity contribution in [3.05, 3.63) is 30.0 Å². The molecule has 2 atom stereocenters. The Morgan fingerprint density at radius 2 is 1.86 bits per heavy atom. The molecule has 0 unspecified atom stereocenters. The van der Waals surface area contributed by atoms with Gasteiger partial charge in [0.25, 0.3) is 5.91 Å². The summed E-state index contributed by atoms with van der Waals surface area (Å²) in [6.45, 7) is 2.56. The third kappa shape index (κ3) is 6.52. The van der Waals surface area contributed by atoms with Gasteiger partial charge in [0.15, 0.2) is 11.5 Å². The van der Waals surface area contributed by atoms with E-state index in [1.54, 1.807) is 43.4 Å². The Morgan fingerprint density at radius 1 is 1.09 bits per heavy atom. The Labute approximate surface area is 204 Å². The molecule has 2 aliphatic rings. The van der Waals surface area contributed by atoms with Crippen molar-refractivity contribution >= 4 is 11.8 Å². The summed E-state index contributed by atoms with van der Waals surface area (Å²) in [6.07, 6.45) is 4.00. The molecule has 2 fully saturated rings. The van der Waals surface area contributed by atoms with Crippen LogP contribution in [-0.4, -0.2) is 81.1 Å². The van der Waals surface area contributed by atoms with Gasteiger partial charge in [-0.05, 0) is 43.9 Å². The van der Waals surface area contributed by atoms with Crippen molar-refractivity contribution in [3.63, 3.8) is 0 Å². The molecule has 0 spiro atoms. The molecule has 35 heavy (non-hydrogen) atoms. The van der Waals surface area contributed by atoms with E-state index >= 15 is 0 Å². The van der Waals surface area contributed by atoms with E-state index in [2.05, 4.69) is 10.5 Å². The number of nitrogens with one attached hydrogen (secondary N) is 1. The molecule has 0 saturated carbocycles. The summed E-state index contributed by atoms with van der Waals surface area (Å²) < 4.78 is 27.5. The van der Waals surface area contributed by atoms with Crippen molar-refractivity contribution in [1.82, 2.24) is 15.4 Å². The first-order valence-corrected chi connectivity index (χ1v) is 12.1. The molecule has 0 bridgehead atoms. The van der Waals surface area contributed by atoms with E-state index in [9.17, 15) is 9.59 Å². The van der Waals surface area contributed by atoms with Gasteiger partial charge in [0.1, 0.15) is 11.5 Å². The molecule has 0 aliphatic carbocycles. The Hall–Kier alpha value is -3.11. The van der Waals surface area contributed by atoms with Crippen LogP contribution >= 0.6 is 0 Å². The van der Waals surface area contributed by atoms with Crippen LogP contribution in [0, 0.1) is 0 Å². The highest BCUT2D eigenvalue weighted by atomic mass is 16.5. The minimum absolute atomic E-state index is 0.0567. The van der Waals surface area contributed by atoms with Crippen LogP contribution in [0.5, 0.6) is 11.5 Å². The number of methoxy groups -OCH3 is 2. The van der Waals surface area contributed by atoms with Crippen molar-refractivity contribution in [1.29, 1.82) is 0 Å². The molecule has 2 aliphatic heterocycles. The van der Waals surface area contributed by atoms with Gasteiger partial charge in [-0.2, -0.15) is 0 Å². The molecule has 2 aromatic rings. The molecule has 4 rings (SSSR count). The van der Waals surface area contributed by atoms with E-state index in [0.717, 1.165) is 32.3 Å². The lowest BCUT2D eigenvalue weighted by atomic mass is 10.1. The average Bonchev–Trinajstić information content (AvgIpc) is 3.67. The zero-order chi connectivity index (χ0) is 24.6. The van der Waals surface area contributed by atoms with Crippen LogP contribution in [-0.2, 0) is 14.3 Å². The fourth-order valence-corrected chi connectivity index (χ4v) is 4.34. The van der Waals surface area contributed by atoms with Crippen LogP contribution in [0.15, 0.2) is 28.8 Å². The van der Waals surface area contributed by atoms with Crippen LogP contribution in [0.25, 0.3) is 11.3 Å². The fourth-order valence-electron chi connectivity index (χ4n) is 4.34. The van der Waals surface area contributed by atoms with Crippen molar-refractivity contribution in [2.24, 2.45) is 0 Å². The lowest BCUT2D eigenvalue weighted by Gasteiger charge is -2.24. The number of carbonyl (C=O) groups excluding carboxylic acids is 2. The number of amides is 2. The second-order valence-electron chi connectivity index (χ2n) is 8.72. The zero-order valence-electron chi connectivity index (χ0n) is 20.3. The van der Waals surface area contributed by atoms with Crippen molar-refractivity contribution in [2.75, 3.05) is 47.1 Å². The molecule has 1 N–H and O–H groups in total. The predicted octanol–water partition coefficient (Wildman–Crippen LogP) is 2.67. The molecule has 1 aromatic carbocycles. The van der Waals surface area contributed by atoms with Crippen LogP contribution in [0.3, 0.4) is 0 Å². The van der Waals surface area contributed by atoms with Gasteiger partial charge in [0.05, 0.1) is 32.0 Å². The number of benzene rings is 1. The Morgan fingerprint density at radius 3 is 2.54 bits per heavy atom. The molecular formula is C25H33N3O7. The van der Waals surface area contributed by atoms with Crippen molar-refractivity contribution in [3.8, 4) is 22.8 Å². The molecule has 2 saturated heterocycles. The van der Waals surface area contributed by atoms with E-state index in [1.165, 1.54) is 0 Å². The standard InChI is InChI=1S/C25H33N3O7/c1-31-17-7-8-22(32-2)20(13-17)23-14-21(27-35-23)25(30)28(16-19-6-4-12-34-19)10-9-24(29)26-15-18-5-3-11-33-18/h7-8,13-14,18-19H,3-6,9-12,15-16H2,1-2H3,(H,26,29)/t18-,19+/m0/s1. The minimum atomic E-state index is -0.315. The molecule has 2 amide bonds. The Bertz CT molecular complexity index is 997. The summed E-state index contributed by atoms with van der Waals surface area (Å²) in [6, 6.07) is 6.88. The molecule has 10 nitrogen and oxygen atoms in total. The highest BCUT2D eigenvalue weighted by Gasteiger charge is 2.27. The molecule has 3 heterocycles. The van der Waals surface area contributed by atoms with Crippen LogP contribution in [0.2, 0.25) is 0 Å². The van der Waals surface area contributed by atoms with Crippen LogP contribution < -0.4 is 14.8 Å². The summed E-state index contributed by atoms with van der Waals surface area (Å²) >= 11 is 0. The van der Waals surface area contributed by atoms with Gasteiger partial charge in [-0.3, -0.25) is 9.59 Å². The minimum Gasteiger partial charge on any atom is -0.497 e. The van der Waals surface area contributed by atoms with E-state index < -0.39 is 0 Å². The normalized spacial score (nSPS) is 19.5. The number of rotatable bonds is 11. The van der Waals surface area contributed by atoms with Gasteiger partial charge >= 0.3 is 0 Å². The second-order valence-corrected chi connectivity index (χ2v) is 8.72. The molecule has 0 radical (unpaired) electrons. The number of nitrogens with zero attached hydrogens (tertiary/aromatic N) is 2. The van der Waals surface area contributed by atoms with Crippen molar-refractivity contribution in [2.45, 2.75) is 44.3 Å². The maximum atomic E-state index is 13.4. The first-order valence-electron chi connectivity index (χ1n) is 12.1. The summed E-state index contributed by atoms with van der Waals surface area (Å²) in [5.41, 5.74) is 0.778. The number of ether oxygens (including phenoxy) is 4. The summed E-state index contributed by atoms with van der Waals surface area (Å²) in [4.78, 5) is 27.4. The molecule has 1 aromatic heterocycles. The van der Waals surface area contributed by atoms with Gasteiger partial charge < -0.3 is 33.7 Å². The van der Waals surface area contributed by atoms with E-state index in [1.807, 2.05) is 0 Å². The SMILES string of the molecule is COc1ccc(OC)c(-c2cc(C(=O)N(CCC(=O)NC[C@@H]3CCCO3)C[C@H]3CCCO3)no2)c1. The lowest BCUT2D eigenvalue weighted by molar-refractivity contribution is -0.121. The zero-order valence-corrected chi connectivity index (χ0v) is 20.3. The molecule has 10 heteroatoms. The largest absolute Gasteiger partial charge is 0.497 e. The van der Waals surface area contributed by atoms with Gasteiger partial charge in [0, 0.05) is 45.3 Å². The monoisotopic (exact) mass is 487 g/mol. The summed E-state index contributed by atoms with van der Waals surface area (Å²) in [5.74, 6) is 1.14. The van der Waals surface area contributed by atoms with E-state index in [-0.39, 0.29) is 42.7 Å². The smallest absolute Gasteiger partial charge is 0.276 e. The molecule has 190 valence electrons. The number of aromatic nitrogens is 1. The number of hydrogen-bond donors (Lipinski definition) is 1. The van der Waals surface area contributed by atoms with Gasteiger partial charge in [-0.1, -0.05) is 5.16 Å². The lowest BCUT2D eigenvalue weighted by Crippen LogP contribution is -2.40. The van der Waals surface area contributed by atoms with Gasteiger partial charge in [0.2, 0.25) is 5.91 Å². The first-order chi connectivity index (χ1) is 17.1. The van der Waals surface area contributed by atoms with Gasteiger partial charge in [-0.25, -0.2) is 0 Å². The topological polar surface area (TPSA) is 112 Å². The number of hydrogen-bond acceptors (Lipinski definition) is 8. The highest BCUT2D eigenvalue weighted by Crippen LogP contribution is 2.34. The predicted molar refractivity (Wildman–Crippen MR) is 127 cm³/mol. The third-order valence-corrected chi connectivity index (χ3v) is 6.30. The van der Waals surface area contributed by atoms with Crippen LogP contribution in [0.4, 0.5) is 0 Å². The Balaban J connectivity index is 1.44. The summed E-state index contributed by atoms with van der Waals surface area (Å²) in [7, 11) is 3.13. The third-order valence-electron chi connectivity index (χ3n) is 6.30.